The van der Waals surface area contributed by atoms with Crippen LogP contribution in [0.3, 0.4) is 0 Å². The summed E-state index contributed by atoms with van der Waals surface area (Å²) in [5.41, 5.74) is 0. The molecule has 1 unspecified atom stereocenters. The van der Waals surface area contributed by atoms with Crippen LogP contribution in [0, 0.1) is 6.92 Å². The van der Waals surface area contributed by atoms with Gasteiger partial charge in [-0.05, 0) is 19.8 Å². The lowest BCUT2D eigenvalue weighted by Crippen LogP contribution is -2.26. The second kappa shape index (κ2) is 6.75. The van der Waals surface area contributed by atoms with Crippen LogP contribution in [0.4, 0.5) is 4.79 Å². The Hall–Kier alpha value is -0.730. The highest BCUT2D eigenvalue weighted by Gasteiger charge is 2.09. The molecule has 0 spiro atoms. The third-order valence-corrected chi connectivity index (χ3v) is 1.78. The molecular formula is C10H20NO2. The molecule has 0 rings (SSSR count). The van der Waals surface area contributed by atoms with E-state index >= 15 is 0 Å². The number of ether oxygens (including phenoxy) is 1. The molecule has 1 radical (unpaired) electrons. The number of hydrogen-bond donors (Lipinski definition) is 0. The van der Waals surface area contributed by atoms with Gasteiger partial charge in [0.2, 0.25) is 0 Å². The Balaban J connectivity index is 3.50. The topological polar surface area (TPSA) is 29.5 Å². The molecule has 1 amide bonds. The highest BCUT2D eigenvalue weighted by atomic mass is 16.6. The van der Waals surface area contributed by atoms with Crippen molar-refractivity contribution in [1.29, 1.82) is 0 Å². The van der Waals surface area contributed by atoms with Crippen molar-refractivity contribution >= 4 is 6.09 Å². The largest absolute Gasteiger partial charge is 0.446 e. The zero-order valence-electron chi connectivity index (χ0n) is 8.88. The third-order valence-electron chi connectivity index (χ3n) is 1.78. The predicted molar refractivity (Wildman–Crippen MR) is 53.5 cm³/mol. The first-order valence-corrected chi connectivity index (χ1v) is 4.75. The smallest absolute Gasteiger partial charge is 0.409 e. The summed E-state index contributed by atoms with van der Waals surface area (Å²) in [6.45, 7) is 5.68. The average Bonchev–Trinajstić information content (AvgIpc) is 2.04. The van der Waals surface area contributed by atoms with Crippen LogP contribution < -0.4 is 0 Å². The summed E-state index contributed by atoms with van der Waals surface area (Å²) in [6, 6.07) is 0. The molecule has 0 saturated heterocycles. The van der Waals surface area contributed by atoms with E-state index < -0.39 is 0 Å². The Morgan fingerprint density at radius 3 is 2.54 bits per heavy atom. The van der Waals surface area contributed by atoms with Crippen molar-refractivity contribution < 1.29 is 9.53 Å². The van der Waals surface area contributed by atoms with E-state index in [1.165, 1.54) is 4.90 Å². The van der Waals surface area contributed by atoms with Crippen LogP contribution in [0.15, 0.2) is 0 Å². The van der Waals surface area contributed by atoms with Gasteiger partial charge in [-0.3, -0.25) is 0 Å². The van der Waals surface area contributed by atoms with E-state index in [4.69, 9.17) is 4.74 Å². The van der Waals surface area contributed by atoms with E-state index in [-0.39, 0.29) is 12.2 Å². The van der Waals surface area contributed by atoms with Crippen LogP contribution in [-0.4, -0.2) is 31.2 Å². The number of carbonyl (C=O) groups is 1. The summed E-state index contributed by atoms with van der Waals surface area (Å²) < 4.78 is 5.12. The van der Waals surface area contributed by atoms with E-state index in [1.54, 1.807) is 14.1 Å². The Morgan fingerprint density at radius 1 is 1.46 bits per heavy atom. The van der Waals surface area contributed by atoms with Crippen molar-refractivity contribution in [2.45, 2.75) is 38.7 Å². The molecule has 0 N–H and O–H groups in total. The Kier molecular flexibility index (Phi) is 6.37. The molecule has 0 bridgehead atoms. The zero-order chi connectivity index (χ0) is 10.3. The van der Waals surface area contributed by atoms with E-state index in [0.717, 1.165) is 25.7 Å². The summed E-state index contributed by atoms with van der Waals surface area (Å²) in [7, 11) is 3.37. The molecule has 3 nitrogen and oxygen atoms in total. The minimum Gasteiger partial charge on any atom is -0.446 e. The highest BCUT2D eigenvalue weighted by molar-refractivity contribution is 5.66. The molecule has 0 saturated carbocycles. The van der Waals surface area contributed by atoms with Crippen molar-refractivity contribution in [3.8, 4) is 0 Å². The number of rotatable bonds is 5. The van der Waals surface area contributed by atoms with Gasteiger partial charge in [0.05, 0.1) is 0 Å². The molecule has 0 aliphatic rings. The van der Waals surface area contributed by atoms with Gasteiger partial charge in [-0.15, -0.1) is 0 Å². The highest BCUT2D eigenvalue weighted by Crippen LogP contribution is 2.06. The van der Waals surface area contributed by atoms with Gasteiger partial charge in [-0.2, -0.15) is 0 Å². The average molecular weight is 186 g/mol. The van der Waals surface area contributed by atoms with Gasteiger partial charge in [0.25, 0.3) is 0 Å². The second-order valence-corrected chi connectivity index (χ2v) is 3.44. The molecule has 1 atom stereocenters. The quantitative estimate of drug-likeness (QED) is 0.617. The van der Waals surface area contributed by atoms with Gasteiger partial charge in [0, 0.05) is 14.1 Å². The van der Waals surface area contributed by atoms with Crippen molar-refractivity contribution in [1.82, 2.24) is 4.90 Å². The minimum atomic E-state index is -0.262. The monoisotopic (exact) mass is 186 g/mol. The van der Waals surface area contributed by atoms with Crippen LogP contribution in [0.5, 0.6) is 0 Å². The minimum absolute atomic E-state index is 0.0152. The van der Waals surface area contributed by atoms with Gasteiger partial charge >= 0.3 is 6.09 Å². The molecule has 0 aromatic rings. The molecule has 0 aromatic carbocycles. The van der Waals surface area contributed by atoms with Crippen LogP contribution in [-0.2, 0) is 4.74 Å². The van der Waals surface area contributed by atoms with Crippen molar-refractivity contribution in [2.24, 2.45) is 0 Å². The van der Waals surface area contributed by atoms with E-state index in [2.05, 4.69) is 6.92 Å². The van der Waals surface area contributed by atoms with Crippen molar-refractivity contribution in [2.75, 3.05) is 14.1 Å². The fraction of sp³-hybridized carbons (Fsp3) is 0.800. The number of unbranched alkanes of at least 4 members (excludes halogenated alkanes) is 2. The lowest BCUT2D eigenvalue weighted by molar-refractivity contribution is 0.0777. The number of carbonyl (C=O) groups excluding carboxylic acids is 1. The number of nitrogens with zero attached hydrogens (tertiary/aromatic N) is 1. The first kappa shape index (κ1) is 12.3. The van der Waals surface area contributed by atoms with Gasteiger partial charge in [0.1, 0.15) is 6.10 Å². The van der Waals surface area contributed by atoms with E-state index in [9.17, 15) is 4.79 Å². The molecule has 0 heterocycles. The summed E-state index contributed by atoms with van der Waals surface area (Å²) in [4.78, 5) is 12.5. The fourth-order valence-electron chi connectivity index (χ4n) is 0.945. The van der Waals surface area contributed by atoms with Crippen LogP contribution >= 0.6 is 0 Å². The standard InChI is InChI=1S/C10H20NO2/c1-5-6-7-8-9(2)13-10(12)11(3)4/h9H,1,5-8H2,2-4H3. The summed E-state index contributed by atoms with van der Waals surface area (Å²) in [5.74, 6) is 0. The summed E-state index contributed by atoms with van der Waals surface area (Å²) in [6.07, 6.45) is 3.81. The predicted octanol–water partition coefficient (Wildman–Crippen LogP) is 2.47. The zero-order valence-corrected chi connectivity index (χ0v) is 8.88. The van der Waals surface area contributed by atoms with Gasteiger partial charge < -0.3 is 9.64 Å². The molecular weight excluding hydrogens is 166 g/mol. The summed E-state index contributed by atoms with van der Waals surface area (Å²) >= 11 is 0. The fourth-order valence-corrected chi connectivity index (χ4v) is 0.945. The van der Waals surface area contributed by atoms with Crippen LogP contribution in [0.1, 0.15) is 32.6 Å². The second-order valence-electron chi connectivity index (χ2n) is 3.44. The van der Waals surface area contributed by atoms with E-state index in [1.807, 2.05) is 6.92 Å². The number of hydrogen-bond acceptors (Lipinski definition) is 2. The van der Waals surface area contributed by atoms with Gasteiger partial charge in [0.15, 0.2) is 0 Å². The Labute approximate surface area is 81.1 Å². The molecule has 77 valence electrons. The maximum absolute atomic E-state index is 11.1. The van der Waals surface area contributed by atoms with Crippen LogP contribution in [0.2, 0.25) is 0 Å². The SMILES string of the molecule is [CH2]CCCCC(C)OC(=O)N(C)C. The third kappa shape index (κ3) is 6.43. The first-order valence-electron chi connectivity index (χ1n) is 4.75. The normalized spacial score (nSPS) is 12.3. The number of amides is 1. The Bertz CT molecular complexity index is 146. The van der Waals surface area contributed by atoms with Gasteiger partial charge in [-0.25, -0.2) is 4.79 Å². The lowest BCUT2D eigenvalue weighted by atomic mass is 10.1. The maximum Gasteiger partial charge on any atom is 0.409 e. The van der Waals surface area contributed by atoms with Gasteiger partial charge in [-0.1, -0.05) is 19.8 Å². The lowest BCUT2D eigenvalue weighted by Gasteiger charge is -2.16. The molecule has 0 fully saturated rings. The maximum atomic E-state index is 11.1. The molecule has 0 aromatic heterocycles. The van der Waals surface area contributed by atoms with Crippen molar-refractivity contribution in [3.05, 3.63) is 6.92 Å². The molecule has 0 aliphatic heterocycles. The van der Waals surface area contributed by atoms with E-state index in [0.29, 0.717) is 0 Å². The van der Waals surface area contributed by atoms with Crippen molar-refractivity contribution in [3.63, 3.8) is 0 Å². The first-order chi connectivity index (χ1) is 6.07. The molecule has 3 heteroatoms. The molecule has 13 heavy (non-hydrogen) atoms. The van der Waals surface area contributed by atoms with Crippen LogP contribution in [0.25, 0.3) is 0 Å². The molecule has 0 aliphatic carbocycles. The summed E-state index contributed by atoms with van der Waals surface area (Å²) in [5, 5.41) is 0. The Morgan fingerprint density at radius 2 is 2.08 bits per heavy atom.